The third-order valence-corrected chi connectivity index (χ3v) is 3.52. The van der Waals surface area contributed by atoms with Gasteiger partial charge in [-0.2, -0.15) is 0 Å². The average molecular weight is 267 g/mol. The quantitative estimate of drug-likeness (QED) is 0.870. The Balaban J connectivity index is 1.91. The number of rotatable bonds is 3. The molecular formula is C16H13NO3. The number of imide groups is 1. The summed E-state index contributed by atoms with van der Waals surface area (Å²) in [5, 5.41) is 1.98. The number of hydrogen-bond acceptors (Lipinski definition) is 3. The molecule has 4 nitrogen and oxygen atoms in total. The topological polar surface area (TPSA) is 55.4 Å². The van der Waals surface area contributed by atoms with E-state index in [1.165, 1.54) is 11.1 Å². The van der Waals surface area contributed by atoms with Crippen LogP contribution in [0.2, 0.25) is 0 Å². The molecule has 0 radical (unpaired) electrons. The van der Waals surface area contributed by atoms with Gasteiger partial charge in [0.2, 0.25) is 6.41 Å². The maximum atomic E-state index is 11.3. The third kappa shape index (κ3) is 2.05. The van der Waals surface area contributed by atoms with E-state index in [1.54, 1.807) is 0 Å². The zero-order valence-corrected chi connectivity index (χ0v) is 10.7. The van der Waals surface area contributed by atoms with Gasteiger partial charge in [-0.15, -0.1) is 0 Å². The lowest BCUT2D eigenvalue weighted by Crippen LogP contribution is -2.24. The van der Waals surface area contributed by atoms with Crippen molar-refractivity contribution in [3.05, 3.63) is 59.7 Å². The number of amides is 2. The van der Waals surface area contributed by atoms with Gasteiger partial charge in [0.15, 0.2) is 0 Å². The van der Waals surface area contributed by atoms with Gasteiger partial charge in [-0.25, -0.2) is 4.79 Å². The van der Waals surface area contributed by atoms with Gasteiger partial charge in [0.1, 0.15) is 6.61 Å². The standard InChI is InChI=1S/C16H13NO3/c18-10-17-16(19)20-9-15-13-7-3-1-5-11(13)12-6-2-4-8-14(12)15/h1-8,10,15H,9H2,(H,17,18,19). The lowest BCUT2D eigenvalue weighted by molar-refractivity contribution is -0.109. The van der Waals surface area contributed by atoms with E-state index in [0.717, 1.165) is 11.1 Å². The molecule has 0 atom stereocenters. The van der Waals surface area contributed by atoms with Crippen LogP contribution in [0.25, 0.3) is 11.1 Å². The first-order valence-electron chi connectivity index (χ1n) is 6.36. The highest BCUT2D eigenvalue weighted by Gasteiger charge is 2.28. The number of ether oxygens (including phenoxy) is 1. The minimum absolute atomic E-state index is 0.0137. The highest BCUT2D eigenvalue weighted by molar-refractivity contribution is 5.81. The summed E-state index contributed by atoms with van der Waals surface area (Å²) in [6.45, 7) is 0.216. The Kier molecular flexibility index (Phi) is 3.21. The van der Waals surface area contributed by atoms with Crippen molar-refractivity contribution in [2.75, 3.05) is 6.61 Å². The van der Waals surface area contributed by atoms with E-state index >= 15 is 0 Å². The van der Waals surface area contributed by atoms with Gasteiger partial charge >= 0.3 is 6.09 Å². The molecule has 2 amide bonds. The van der Waals surface area contributed by atoms with Crippen LogP contribution in [0.4, 0.5) is 4.79 Å². The van der Waals surface area contributed by atoms with E-state index in [4.69, 9.17) is 4.74 Å². The molecule has 0 aromatic heterocycles. The Hall–Kier alpha value is -2.62. The molecule has 0 heterocycles. The second-order valence-electron chi connectivity index (χ2n) is 4.59. The van der Waals surface area contributed by atoms with Crippen LogP contribution in [0.5, 0.6) is 0 Å². The molecule has 1 N–H and O–H groups in total. The number of fused-ring (bicyclic) bond motifs is 3. The van der Waals surface area contributed by atoms with Crippen molar-refractivity contribution in [1.29, 1.82) is 0 Å². The van der Waals surface area contributed by atoms with Crippen molar-refractivity contribution in [3.63, 3.8) is 0 Å². The summed E-state index contributed by atoms with van der Waals surface area (Å²) in [4.78, 5) is 21.5. The summed E-state index contributed by atoms with van der Waals surface area (Å²) in [5.74, 6) is 0.0137. The predicted molar refractivity (Wildman–Crippen MR) is 74.3 cm³/mol. The molecule has 0 unspecified atom stereocenters. The van der Waals surface area contributed by atoms with Crippen molar-refractivity contribution >= 4 is 12.5 Å². The van der Waals surface area contributed by atoms with Gasteiger partial charge in [-0.05, 0) is 22.3 Å². The second-order valence-corrected chi connectivity index (χ2v) is 4.59. The minimum atomic E-state index is -0.720. The molecule has 3 rings (SSSR count). The Bertz CT molecular complexity index is 621. The third-order valence-electron chi connectivity index (χ3n) is 3.52. The first kappa shape index (κ1) is 12.4. The summed E-state index contributed by atoms with van der Waals surface area (Å²) in [6.07, 6.45) is -0.402. The fourth-order valence-electron chi connectivity index (χ4n) is 2.69. The van der Waals surface area contributed by atoms with Crippen LogP contribution in [0.15, 0.2) is 48.5 Å². The number of alkyl carbamates (subject to hydrolysis) is 1. The summed E-state index contributed by atoms with van der Waals surface area (Å²) >= 11 is 0. The van der Waals surface area contributed by atoms with Crippen LogP contribution in [0, 0.1) is 0 Å². The first-order chi connectivity index (χ1) is 9.81. The van der Waals surface area contributed by atoms with E-state index < -0.39 is 6.09 Å². The van der Waals surface area contributed by atoms with E-state index in [-0.39, 0.29) is 12.5 Å². The Morgan fingerprint density at radius 1 is 1.05 bits per heavy atom. The molecule has 0 spiro atoms. The maximum absolute atomic E-state index is 11.3. The molecule has 20 heavy (non-hydrogen) atoms. The Labute approximate surface area is 116 Å². The van der Waals surface area contributed by atoms with E-state index in [2.05, 4.69) is 12.1 Å². The SMILES string of the molecule is O=CNC(=O)OCC1c2ccccc2-c2ccccc21. The molecule has 0 bridgehead atoms. The molecule has 2 aromatic rings. The fraction of sp³-hybridized carbons (Fsp3) is 0.125. The van der Waals surface area contributed by atoms with Crippen LogP contribution in [0.1, 0.15) is 17.0 Å². The van der Waals surface area contributed by atoms with Crippen molar-refractivity contribution in [2.45, 2.75) is 5.92 Å². The van der Waals surface area contributed by atoms with Gasteiger partial charge in [0.05, 0.1) is 0 Å². The highest BCUT2D eigenvalue weighted by atomic mass is 16.5. The molecule has 1 aliphatic rings. The summed E-state index contributed by atoms with van der Waals surface area (Å²) in [5.41, 5.74) is 4.64. The summed E-state index contributed by atoms with van der Waals surface area (Å²) < 4.78 is 5.10. The van der Waals surface area contributed by atoms with Crippen LogP contribution >= 0.6 is 0 Å². The number of carbonyl (C=O) groups is 2. The Morgan fingerprint density at radius 2 is 1.60 bits per heavy atom. The molecule has 0 saturated heterocycles. The van der Waals surface area contributed by atoms with E-state index in [9.17, 15) is 9.59 Å². The predicted octanol–water partition coefficient (Wildman–Crippen LogP) is 2.68. The molecule has 1 aliphatic carbocycles. The number of nitrogens with one attached hydrogen (secondary N) is 1. The lowest BCUT2D eigenvalue weighted by atomic mass is 9.98. The van der Waals surface area contributed by atoms with Crippen LogP contribution in [-0.2, 0) is 9.53 Å². The van der Waals surface area contributed by atoms with Gasteiger partial charge in [-0.3, -0.25) is 10.1 Å². The first-order valence-corrected chi connectivity index (χ1v) is 6.36. The van der Waals surface area contributed by atoms with Gasteiger partial charge in [0, 0.05) is 5.92 Å². The molecule has 0 fully saturated rings. The average Bonchev–Trinajstić information content (AvgIpc) is 2.80. The zero-order valence-electron chi connectivity index (χ0n) is 10.7. The summed E-state index contributed by atoms with van der Waals surface area (Å²) in [7, 11) is 0. The smallest absolute Gasteiger partial charge is 0.413 e. The monoisotopic (exact) mass is 267 g/mol. The number of benzene rings is 2. The molecule has 100 valence electrons. The van der Waals surface area contributed by atoms with Crippen LogP contribution in [0.3, 0.4) is 0 Å². The summed E-state index contributed by atoms with van der Waals surface area (Å²) in [6, 6.07) is 16.2. The molecular weight excluding hydrogens is 254 g/mol. The number of hydrogen-bond donors (Lipinski definition) is 1. The number of carbonyl (C=O) groups excluding carboxylic acids is 2. The molecule has 4 heteroatoms. The molecule has 0 saturated carbocycles. The van der Waals surface area contributed by atoms with Crippen molar-refractivity contribution in [2.24, 2.45) is 0 Å². The van der Waals surface area contributed by atoms with Gasteiger partial charge < -0.3 is 4.74 Å². The second kappa shape index (κ2) is 5.17. The van der Waals surface area contributed by atoms with Gasteiger partial charge in [-0.1, -0.05) is 48.5 Å². The highest BCUT2D eigenvalue weighted by Crippen LogP contribution is 2.44. The van der Waals surface area contributed by atoms with Crippen LogP contribution < -0.4 is 5.32 Å². The van der Waals surface area contributed by atoms with E-state index in [0.29, 0.717) is 6.41 Å². The van der Waals surface area contributed by atoms with Crippen LogP contribution in [-0.4, -0.2) is 19.1 Å². The van der Waals surface area contributed by atoms with E-state index in [1.807, 2.05) is 41.7 Å². The van der Waals surface area contributed by atoms with Gasteiger partial charge in [0.25, 0.3) is 0 Å². The zero-order chi connectivity index (χ0) is 13.9. The van der Waals surface area contributed by atoms with Crippen molar-refractivity contribution < 1.29 is 14.3 Å². The Morgan fingerprint density at radius 3 is 2.15 bits per heavy atom. The minimum Gasteiger partial charge on any atom is -0.448 e. The lowest BCUT2D eigenvalue weighted by Gasteiger charge is -2.13. The molecule has 0 aliphatic heterocycles. The van der Waals surface area contributed by atoms with Crippen molar-refractivity contribution in [3.8, 4) is 11.1 Å². The largest absolute Gasteiger partial charge is 0.448 e. The normalized spacial score (nSPS) is 12.4. The maximum Gasteiger partial charge on any atom is 0.413 e. The fourth-order valence-corrected chi connectivity index (χ4v) is 2.69. The molecule has 2 aromatic carbocycles. The van der Waals surface area contributed by atoms with Crippen molar-refractivity contribution in [1.82, 2.24) is 5.32 Å².